The van der Waals surface area contributed by atoms with E-state index in [4.69, 9.17) is 14.3 Å². The summed E-state index contributed by atoms with van der Waals surface area (Å²) in [7, 11) is 1.70. The fourth-order valence-electron chi connectivity index (χ4n) is 3.82. The number of benzene rings is 1. The fraction of sp³-hybridized carbons (Fsp3) is 0.524. The van der Waals surface area contributed by atoms with Gasteiger partial charge < -0.3 is 19.4 Å². The first-order chi connectivity index (χ1) is 13.1. The Morgan fingerprint density at radius 2 is 1.93 bits per heavy atom. The molecule has 6 heteroatoms. The second-order valence-corrected chi connectivity index (χ2v) is 7.20. The van der Waals surface area contributed by atoms with E-state index in [0.29, 0.717) is 11.8 Å². The quantitative estimate of drug-likeness (QED) is 0.738. The molecule has 1 aliphatic heterocycles. The predicted octanol–water partition coefficient (Wildman–Crippen LogP) is 2.16. The first-order valence-electron chi connectivity index (χ1n) is 9.52. The van der Waals surface area contributed by atoms with E-state index in [-0.39, 0.29) is 13.2 Å². The van der Waals surface area contributed by atoms with E-state index in [1.807, 2.05) is 18.2 Å². The van der Waals surface area contributed by atoms with Crippen molar-refractivity contribution in [2.24, 2.45) is 0 Å². The number of aliphatic hydroxyl groups excluding tert-OH is 2. The van der Waals surface area contributed by atoms with Crippen LogP contribution in [0.4, 0.5) is 0 Å². The molecule has 2 aromatic rings. The van der Waals surface area contributed by atoms with Gasteiger partial charge in [-0.15, -0.1) is 0 Å². The Labute approximate surface area is 161 Å². The van der Waals surface area contributed by atoms with Gasteiger partial charge in [0.15, 0.2) is 0 Å². The molecule has 1 aliphatic rings. The molecule has 148 valence electrons. The second-order valence-electron chi connectivity index (χ2n) is 7.20. The largest absolute Gasteiger partial charge is 0.496 e. The normalized spacial score (nSPS) is 18.7. The lowest BCUT2D eigenvalue weighted by Crippen LogP contribution is -2.52. The van der Waals surface area contributed by atoms with E-state index in [2.05, 4.69) is 28.9 Å². The molecule has 1 aromatic carbocycles. The van der Waals surface area contributed by atoms with Crippen LogP contribution in [-0.4, -0.2) is 59.4 Å². The maximum atomic E-state index is 9.52. The number of methoxy groups -OCH3 is 1. The van der Waals surface area contributed by atoms with Crippen LogP contribution in [0.25, 0.3) is 0 Å². The molecule has 2 heterocycles. The Morgan fingerprint density at radius 1 is 1.11 bits per heavy atom. The molecule has 2 N–H and O–H groups in total. The van der Waals surface area contributed by atoms with Crippen molar-refractivity contribution in [1.29, 1.82) is 0 Å². The van der Waals surface area contributed by atoms with Gasteiger partial charge in [-0.25, -0.2) is 0 Å². The fourth-order valence-corrected chi connectivity index (χ4v) is 3.82. The summed E-state index contributed by atoms with van der Waals surface area (Å²) >= 11 is 0. The van der Waals surface area contributed by atoms with Crippen molar-refractivity contribution in [1.82, 2.24) is 9.80 Å². The highest BCUT2D eigenvalue weighted by atomic mass is 16.5. The van der Waals surface area contributed by atoms with Gasteiger partial charge in [0.2, 0.25) is 0 Å². The Bertz CT molecular complexity index is 731. The average Bonchev–Trinajstić information content (AvgIpc) is 3.12. The maximum absolute atomic E-state index is 9.52. The van der Waals surface area contributed by atoms with Crippen molar-refractivity contribution in [3.8, 4) is 5.75 Å². The number of hydrogen-bond acceptors (Lipinski definition) is 6. The summed E-state index contributed by atoms with van der Waals surface area (Å²) in [6, 6.07) is 10.4. The maximum Gasteiger partial charge on any atom is 0.129 e. The lowest BCUT2D eigenvalue weighted by atomic mass is 10.1. The SMILES string of the molecule is COc1ccc(CN2CCN(Cc3ccc(CO)o3)C[C@H]2CCO)cc1C. The van der Waals surface area contributed by atoms with E-state index >= 15 is 0 Å². The zero-order valence-corrected chi connectivity index (χ0v) is 16.2. The minimum Gasteiger partial charge on any atom is -0.496 e. The van der Waals surface area contributed by atoms with Crippen molar-refractivity contribution in [3.05, 3.63) is 53.0 Å². The molecule has 6 nitrogen and oxygen atoms in total. The molecule has 1 saturated heterocycles. The van der Waals surface area contributed by atoms with E-state index in [9.17, 15) is 5.11 Å². The highest BCUT2D eigenvalue weighted by Gasteiger charge is 2.27. The molecule has 1 fully saturated rings. The van der Waals surface area contributed by atoms with Crippen LogP contribution in [0.2, 0.25) is 0 Å². The molecule has 0 amide bonds. The average molecular weight is 374 g/mol. The number of furan rings is 1. The minimum absolute atomic E-state index is 0.0673. The lowest BCUT2D eigenvalue weighted by molar-refractivity contribution is 0.0464. The Morgan fingerprint density at radius 3 is 2.59 bits per heavy atom. The zero-order valence-electron chi connectivity index (χ0n) is 16.2. The van der Waals surface area contributed by atoms with Gasteiger partial charge in [-0.3, -0.25) is 9.80 Å². The number of aryl methyl sites for hydroxylation is 1. The van der Waals surface area contributed by atoms with E-state index < -0.39 is 0 Å². The Hall–Kier alpha value is -1.86. The monoisotopic (exact) mass is 374 g/mol. The molecule has 1 atom stereocenters. The first-order valence-corrected chi connectivity index (χ1v) is 9.52. The van der Waals surface area contributed by atoms with Gasteiger partial charge in [0.1, 0.15) is 23.9 Å². The topological polar surface area (TPSA) is 69.3 Å². The number of piperazine rings is 1. The summed E-state index contributed by atoms with van der Waals surface area (Å²) in [6.45, 7) is 6.58. The van der Waals surface area contributed by atoms with Crippen LogP contribution in [-0.2, 0) is 19.7 Å². The number of ether oxygens (including phenoxy) is 1. The van der Waals surface area contributed by atoms with Crippen LogP contribution < -0.4 is 4.74 Å². The summed E-state index contributed by atoms with van der Waals surface area (Å²) < 4.78 is 11.0. The van der Waals surface area contributed by atoms with E-state index in [0.717, 1.165) is 56.2 Å². The van der Waals surface area contributed by atoms with Crippen LogP contribution in [0.5, 0.6) is 5.75 Å². The molecule has 0 radical (unpaired) electrons. The van der Waals surface area contributed by atoms with Crippen LogP contribution in [0.3, 0.4) is 0 Å². The van der Waals surface area contributed by atoms with Gasteiger partial charge in [-0.1, -0.05) is 12.1 Å². The summed E-state index contributed by atoms with van der Waals surface area (Å²) in [5, 5.41) is 18.7. The third-order valence-corrected chi connectivity index (χ3v) is 5.25. The molecule has 0 unspecified atom stereocenters. The Kier molecular flexibility index (Phi) is 6.90. The van der Waals surface area contributed by atoms with Gasteiger partial charge >= 0.3 is 0 Å². The van der Waals surface area contributed by atoms with Crippen molar-refractivity contribution in [3.63, 3.8) is 0 Å². The molecule has 1 aromatic heterocycles. The summed E-state index contributed by atoms with van der Waals surface area (Å²) in [4.78, 5) is 4.81. The number of aliphatic hydroxyl groups is 2. The van der Waals surface area contributed by atoms with Crippen LogP contribution >= 0.6 is 0 Å². The van der Waals surface area contributed by atoms with E-state index in [1.54, 1.807) is 7.11 Å². The van der Waals surface area contributed by atoms with E-state index in [1.165, 1.54) is 5.56 Å². The predicted molar refractivity (Wildman–Crippen MR) is 104 cm³/mol. The van der Waals surface area contributed by atoms with Gasteiger partial charge in [0, 0.05) is 38.8 Å². The van der Waals surface area contributed by atoms with Crippen LogP contribution in [0.1, 0.15) is 29.1 Å². The van der Waals surface area contributed by atoms with Gasteiger partial charge in [0.25, 0.3) is 0 Å². The molecule has 3 rings (SSSR count). The Balaban J connectivity index is 1.62. The molecule has 0 saturated carbocycles. The van der Waals surface area contributed by atoms with Gasteiger partial charge in [-0.05, 0) is 42.7 Å². The molecule has 27 heavy (non-hydrogen) atoms. The molecule has 0 aliphatic carbocycles. The minimum atomic E-state index is -0.0673. The number of rotatable bonds is 8. The third kappa shape index (κ3) is 5.11. The second kappa shape index (κ2) is 9.37. The first kappa shape index (κ1) is 19.9. The summed E-state index contributed by atoms with van der Waals surface area (Å²) in [5.41, 5.74) is 2.41. The lowest BCUT2D eigenvalue weighted by Gasteiger charge is -2.41. The number of nitrogens with zero attached hydrogens (tertiary/aromatic N) is 2. The smallest absolute Gasteiger partial charge is 0.129 e. The summed E-state index contributed by atoms with van der Waals surface area (Å²) in [5.74, 6) is 2.39. The third-order valence-electron chi connectivity index (χ3n) is 5.25. The van der Waals surface area contributed by atoms with Crippen molar-refractivity contribution < 1.29 is 19.4 Å². The van der Waals surface area contributed by atoms with Gasteiger partial charge in [0.05, 0.1) is 13.7 Å². The molecular formula is C21H30N2O4. The zero-order chi connectivity index (χ0) is 19.2. The van der Waals surface area contributed by atoms with Gasteiger partial charge in [-0.2, -0.15) is 0 Å². The molecule has 0 bridgehead atoms. The number of hydrogen-bond donors (Lipinski definition) is 2. The standard InChI is InChI=1S/C21H30N2O4/c1-16-11-17(3-6-21(16)26-2)12-23-9-8-22(13-18(23)7-10-24)14-19-4-5-20(15-25)27-19/h3-6,11,18,24-25H,7-10,12-15H2,1-2H3/t18-/m1/s1. The highest BCUT2D eigenvalue weighted by Crippen LogP contribution is 2.23. The molecular weight excluding hydrogens is 344 g/mol. The van der Waals surface area contributed by atoms with Crippen LogP contribution in [0.15, 0.2) is 34.7 Å². The van der Waals surface area contributed by atoms with Crippen molar-refractivity contribution in [2.75, 3.05) is 33.4 Å². The van der Waals surface area contributed by atoms with Crippen molar-refractivity contribution in [2.45, 2.75) is 39.1 Å². The molecule has 0 spiro atoms. The van der Waals surface area contributed by atoms with Crippen molar-refractivity contribution >= 4 is 0 Å². The van der Waals surface area contributed by atoms with Crippen LogP contribution in [0, 0.1) is 6.92 Å². The summed E-state index contributed by atoms with van der Waals surface area (Å²) in [6.07, 6.45) is 0.756. The highest BCUT2D eigenvalue weighted by molar-refractivity contribution is 5.36.